The molecule has 0 saturated heterocycles. The van der Waals surface area contributed by atoms with Crippen LogP contribution in [0.4, 0.5) is 0 Å². The molecule has 6 atom stereocenters. The molecule has 11 heteroatoms. The van der Waals surface area contributed by atoms with E-state index in [9.17, 15) is 28.7 Å². The van der Waals surface area contributed by atoms with Crippen molar-refractivity contribution in [3.05, 3.63) is 59.7 Å². The van der Waals surface area contributed by atoms with E-state index in [-0.39, 0.29) is 63.3 Å². The standard InChI is InChI=1S/2C29H53O4P.Ca/c2*1-3-5-7-8-9-10-11-12-13-14-15-16-17-18-19-20-26-33-28-24-22-27(23-25-28)29(21-6-4-2)34(30,31)32;/h2*22-25,29H,3-21,26H2,1-2H3,(H2,30,31,32);/i2*17T,19T;. The molecule has 0 aliphatic carbocycles. The van der Waals surface area contributed by atoms with Crippen LogP contribution in [0, 0.1) is 0 Å². The third kappa shape index (κ3) is 39.7. The molecule has 0 spiro atoms. The maximum Gasteiger partial charge on any atom is 0.332 e. The van der Waals surface area contributed by atoms with Gasteiger partial charge >= 0.3 is 15.2 Å². The monoisotopic (exact) mass is 1040 g/mol. The quantitative estimate of drug-likeness (QED) is 0.0293. The first-order valence-electron chi connectivity index (χ1n) is 30.1. The second-order valence-corrected chi connectivity index (χ2v) is 22.8. The Balaban J connectivity index is 0.00000140. The van der Waals surface area contributed by atoms with Gasteiger partial charge in [0.25, 0.3) is 0 Å². The molecule has 2 rings (SSSR count). The van der Waals surface area contributed by atoms with Crippen LogP contribution in [0.15, 0.2) is 48.5 Å². The summed E-state index contributed by atoms with van der Waals surface area (Å²) in [4.78, 5) is 38.7. The second kappa shape index (κ2) is 47.3. The molecule has 0 saturated carbocycles. The van der Waals surface area contributed by atoms with Gasteiger partial charge in [0.05, 0.1) is 24.5 Å². The molecule has 6 unspecified atom stereocenters. The van der Waals surface area contributed by atoms with Crippen molar-refractivity contribution in [2.75, 3.05) is 13.2 Å². The summed E-state index contributed by atoms with van der Waals surface area (Å²) in [6.45, 7) is 9.36. The van der Waals surface area contributed by atoms with Gasteiger partial charge in [-0.1, -0.05) is 270 Å². The second-order valence-electron chi connectivity index (χ2n) is 19.2. The molecule has 0 aromatic heterocycles. The van der Waals surface area contributed by atoms with Gasteiger partial charge in [-0.15, -0.1) is 0 Å². The Bertz CT molecular complexity index is 1520. The van der Waals surface area contributed by atoms with E-state index in [1.54, 1.807) is 48.5 Å². The van der Waals surface area contributed by atoms with E-state index >= 15 is 0 Å². The zero-order chi connectivity index (χ0) is 53.3. The predicted molar refractivity (Wildman–Crippen MR) is 297 cm³/mol. The molecule has 2 radical (unpaired) electrons. The van der Waals surface area contributed by atoms with E-state index < -0.39 is 26.5 Å². The van der Waals surface area contributed by atoms with E-state index in [0.717, 1.165) is 51.4 Å². The van der Waals surface area contributed by atoms with Gasteiger partial charge in [0, 0.05) is 43.2 Å². The van der Waals surface area contributed by atoms with Gasteiger partial charge in [-0.3, -0.25) is 9.13 Å². The maximum atomic E-state index is 11.9. The van der Waals surface area contributed by atoms with Crippen LogP contribution in [0.2, 0.25) is 0 Å². The maximum absolute atomic E-state index is 11.9. The summed E-state index contributed by atoms with van der Waals surface area (Å²) >= 11 is 0. The SMILES string of the molecule is [3H]C(CCCCCCCCCCCCC)CC([3H])CCOc1ccc(C(CCCC)P(=O)(O)O)cc1.[3H]C(CCCCCCCCCCCCC)CC([3H])CCOc1ccc(C(CCCC)P(=O)(O)O)cc1.[Ca]. The third-order valence-corrected chi connectivity index (χ3v) is 15.6. The zero-order valence-electron chi connectivity index (χ0n) is 48.6. The Labute approximate surface area is 460 Å². The topological polar surface area (TPSA) is 134 Å². The average molecular weight is 1040 g/mol. The molecule has 0 aliphatic rings. The van der Waals surface area contributed by atoms with Crippen molar-refractivity contribution >= 4 is 52.9 Å². The normalized spacial score (nSPS) is 15.2. The summed E-state index contributed by atoms with van der Waals surface area (Å²) in [6, 6.07) is 14.0. The minimum Gasteiger partial charge on any atom is -0.494 e. The third-order valence-electron chi connectivity index (χ3n) is 12.9. The van der Waals surface area contributed by atoms with Crippen LogP contribution in [-0.4, -0.2) is 70.5 Å². The van der Waals surface area contributed by atoms with Crippen molar-refractivity contribution in [3.63, 3.8) is 0 Å². The summed E-state index contributed by atoms with van der Waals surface area (Å²) in [5.74, 6) is 1.29. The van der Waals surface area contributed by atoms with E-state index in [0.29, 0.717) is 74.4 Å². The Kier molecular flexibility index (Phi) is 41.9. The van der Waals surface area contributed by atoms with Crippen molar-refractivity contribution in [3.8, 4) is 11.5 Å². The fraction of sp³-hybridized carbons (Fsp3) is 0.793. The fourth-order valence-electron chi connectivity index (χ4n) is 8.56. The van der Waals surface area contributed by atoms with Crippen molar-refractivity contribution in [2.45, 2.75) is 283 Å². The smallest absolute Gasteiger partial charge is 0.332 e. The van der Waals surface area contributed by atoms with Crippen molar-refractivity contribution in [1.29, 1.82) is 0 Å². The number of benzene rings is 2. The fourth-order valence-corrected chi connectivity index (χ4v) is 10.7. The molecule has 69 heavy (non-hydrogen) atoms. The minimum absolute atomic E-state index is 0. The van der Waals surface area contributed by atoms with Crippen molar-refractivity contribution < 1.29 is 43.7 Å². The van der Waals surface area contributed by atoms with Gasteiger partial charge in [0.2, 0.25) is 0 Å². The van der Waals surface area contributed by atoms with Crippen LogP contribution in [0.3, 0.4) is 0 Å². The number of hydrogen-bond acceptors (Lipinski definition) is 4. The summed E-state index contributed by atoms with van der Waals surface area (Å²) in [5, 5.41) is 0. The van der Waals surface area contributed by atoms with Gasteiger partial charge in [-0.2, -0.15) is 0 Å². The van der Waals surface area contributed by atoms with Gasteiger partial charge in [0.15, 0.2) is 0 Å². The van der Waals surface area contributed by atoms with Gasteiger partial charge in [0.1, 0.15) is 11.5 Å². The van der Waals surface area contributed by atoms with Crippen LogP contribution in [0.1, 0.15) is 300 Å². The molecule has 398 valence electrons. The van der Waals surface area contributed by atoms with Crippen molar-refractivity contribution in [1.82, 2.24) is 0 Å². The van der Waals surface area contributed by atoms with Crippen LogP contribution in [0.25, 0.3) is 0 Å². The van der Waals surface area contributed by atoms with E-state index in [4.69, 9.17) is 15.0 Å². The summed E-state index contributed by atoms with van der Waals surface area (Å²) in [5.41, 5.74) is -0.249. The van der Waals surface area contributed by atoms with Crippen LogP contribution in [-0.2, 0) is 9.13 Å². The summed E-state index contributed by atoms with van der Waals surface area (Å²) < 4.78 is 68.3. The molecule has 0 bridgehead atoms. The Morgan fingerprint density at radius 3 is 0.884 bits per heavy atom. The van der Waals surface area contributed by atoms with E-state index in [1.807, 2.05) is 13.8 Å². The molecular formula is C58H106CaO8P2. The molecule has 4 N–H and O–H groups in total. The zero-order valence-corrected chi connectivity index (χ0v) is 48.6. The first-order valence-corrected chi connectivity index (χ1v) is 31.2. The molecule has 0 heterocycles. The molecule has 2 aromatic carbocycles. The minimum atomic E-state index is -4.20. The van der Waals surface area contributed by atoms with Crippen LogP contribution >= 0.6 is 15.2 Å². The summed E-state index contributed by atoms with van der Waals surface area (Å²) in [7, 11) is -8.39. The Morgan fingerprint density at radius 1 is 0.377 bits per heavy atom. The molecule has 8 nitrogen and oxygen atoms in total. The molecule has 2 aromatic rings. The molecular weight excluding hydrogens is 927 g/mol. The summed E-state index contributed by atoms with van der Waals surface area (Å²) in [6.07, 6.45) is 36.3. The van der Waals surface area contributed by atoms with Gasteiger partial charge < -0.3 is 29.0 Å². The van der Waals surface area contributed by atoms with E-state index in [1.165, 1.54) is 128 Å². The van der Waals surface area contributed by atoms with Gasteiger partial charge in [-0.25, -0.2) is 0 Å². The number of ether oxygens (including phenoxy) is 2. The first kappa shape index (κ1) is 61.1. The van der Waals surface area contributed by atoms with Crippen molar-refractivity contribution in [2.24, 2.45) is 0 Å². The number of hydrogen-bond donors (Lipinski definition) is 4. The predicted octanol–water partition coefficient (Wildman–Crippen LogP) is 19.1. The largest absolute Gasteiger partial charge is 0.494 e. The first-order chi connectivity index (χ1) is 34.5. The van der Waals surface area contributed by atoms with Crippen LogP contribution in [0.5, 0.6) is 11.5 Å². The number of rotatable bonds is 46. The molecule has 0 aliphatic heterocycles. The average Bonchev–Trinajstić information content (AvgIpc) is 3.33. The van der Waals surface area contributed by atoms with Gasteiger partial charge in [-0.05, 0) is 61.1 Å². The molecule has 0 amide bonds. The molecule has 0 fully saturated rings. The Hall–Kier alpha value is -0.400. The van der Waals surface area contributed by atoms with Crippen LogP contribution < -0.4 is 9.47 Å². The van der Waals surface area contributed by atoms with E-state index in [2.05, 4.69) is 13.8 Å². The number of unbranched alkanes of at least 4 members (excludes halogenated alkanes) is 22. The Morgan fingerprint density at radius 2 is 0.623 bits per heavy atom.